The molecule has 3 aliphatic rings. The van der Waals surface area contributed by atoms with E-state index >= 15 is 0 Å². The molecule has 3 aromatic carbocycles. The fraction of sp³-hybridized carbons (Fsp3) is 0.421. The fourth-order valence-corrected chi connectivity index (χ4v) is 8.45. The molecular weight excluding hydrogens is 632 g/mol. The minimum absolute atomic E-state index is 0.172. The number of carbonyl (C=O) groups excluding carboxylic acids is 4. The number of fused-ring (bicyclic) bond motifs is 1. The highest BCUT2D eigenvalue weighted by Gasteiger charge is 2.86. The number of aliphatic hydroxyl groups is 2. The van der Waals surface area contributed by atoms with Gasteiger partial charge in [0, 0.05) is 13.3 Å². The highest BCUT2D eigenvalue weighted by Crippen LogP contribution is 2.68. The molecule has 11 heteroatoms. The van der Waals surface area contributed by atoms with Crippen molar-refractivity contribution in [2.24, 2.45) is 11.3 Å². The summed E-state index contributed by atoms with van der Waals surface area (Å²) < 4.78 is 31.2. The van der Waals surface area contributed by atoms with Gasteiger partial charge in [0.05, 0.1) is 45.3 Å². The molecule has 1 heterocycles. The van der Waals surface area contributed by atoms with Gasteiger partial charge in [-0.2, -0.15) is 0 Å². The molecule has 3 fully saturated rings. The van der Waals surface area contributed by atoms with Crippen molar-refractivity contribution in [3.05, 3.63) is 108 Å². The molecule has 2 N–H and O–H groups in total. The zero-order valence-corrected chi connectivity index (χ0v) is 27.9. The lowest BCUT2D eigenvalue weighted by atomic mass is 9.46. The average molecular weight is 673 g/mol. The van der Waals surface area contributed by atoms with Crippen molar-refractivity contribution in [2.75, 3.05) is 0 Å². The van der Waals surface area contributed by atoms with Crippen LogP contribution in [0.5, 0.6) is 0 Å². The van der Waals surface area contributed by atoms with Gasteiger partial charge in [-0.25, -0.2) is 14.4 Å². The zero-order valence-electron chi connectivity index (χ0n) is 27.9. The normalized spacial score (nSPS) is 34.2. The molecule has 0 amide bonds. The van der Waals surface area contributed by atoms with Crippen molar-refractivity contribution < 1.29 is 53.1 Å². The van der Waals surface area contributed by atoms with Crippen LogP contribution in [0, 0.1) is 11.3 Å². The third kappa shape index (κ3) is 5.50. The lowest BCUT2D eigenvalue weighted by Gasteiger charge is -2.65. The summed E-state index contributed by atoms with van der Waals surface area (Å²) in [7, 11) is 0. The molecular formula is C38H40O11. The first-order valence-corrected chi connectivity index (χ1v) is 16.2. The van der Waals surface area contributed by atoms with E-state index in [0.29, 0.717) is 0 Å². The number of carbonyl (C=O) groups is 4. The SMILES string of the molecule is CC(=O)OC1C(OC(=O)c2ccccc2)C[C@@](C)(O)[C@]23OC(C)(C)[C@H](C(OC(=O)c4ccccc4)C(OC(=O)c4ccccc4)[C@]12C)C3O. The fourth-order valence-electron chi connectivity index (χ4n) is 8.45. The van der Waals surface area contributed by atoms with E-state index in [-0.39, 0.29) is 23.1 Å². The average Bonchev–Trinajstić information content (AvgIpc) is 3.26. The molecule has 0 radical (unpaired) electrons. The zero-order chi connectivity index (χ0) is 35.4. The lowest BCUT2D eigenvalue weighted by molar-refractivity contribution is -0.349. The maximum Gasteiger partial charge on any atom is 0.338 e. The molecule has 2 aliphatic carbocycles. The minimum Gasteiger partial charge on any atom is -0.458 e. The summed E-state index contributed by atoms with van der Waals surface area (Å²) in [6.45, 7) is 7.49. The smallest absolute Gasteiger partial charge is 0.338 e. The topological polar surface area (TPSA) is 155 Å². The van der Waals surface area contributed by atoms with Crippen molar-refractivity contribution in [1.29, 1.82) is 0 Å². The van der Waals surface area contributed by atoms with E-state index in [2.05, 4.69) is 0 Å². The Balaban J connectivity index is 1.55. The number of aliphatic hydroxyl groups excluding tert-OH is 1. The van der Waals surface area contributed by atoms with Crippen LogP contribution in [0.25, 0.3) is 0 Å². The van der Waals surface area contributed by atoms with E-state index < -0.39 is 82.5 Å². The summed E-state index contributed by atoms with van der Waals surface area (Å²) in [5.74, 6) is -4.15. The third-order valence-electron chi connectivity index (χ3n) is 10.4. The number of esters is 4. The molecule has 2 bridgehead atoms. The summed E-state index contributed by atoms with van der Waals surface area (Å²) in [4.78, 5) is 54.0. The summed E-state index contributed by atoms with van der Waals surface area (Å²) in [6.07, 6.45) is -7.60. The Hall–Kier alpha value is -4.58. The Kier molecular flexibility index (Phi) is 8.67. The number of benzene rings is 3. The van der Waals surface area contributed by atoms with Crippen LogP contribution in [-0.2, 0) is 28.5 Å². The van der Waals surface area contributed by atoms with Crippen molar-refractivity contribution in [1.82, 2.24) is 0 Å². The first kappa shape index (κ1) is 34.3. The maximum absolute atomic E-state index is 13.9. The summed E-state index contributed by atoms with van der Waals surface area (Å²) in [6, 6.07) is 24.4. The van der Waals surface area contributed by atoms with Gasteiger partial charge in [0.25, 0.3) is 0 Å². The molecule has 2 saturated carbocycles. The van der Waals surface area contributed by atoms with Crippen LogP contribution in [0.15, 0.2) is 91.0 Å². The number of ether oxygens (including phenoxy) is 5. The van der Waals surface area contributed by atoms with Crippen LogP contribution in [0.2, 0.25) is 0 Å². The molecule has 11 nitrogen and oxygen atoms in total. The predicted molar refractivity (Wildman–Crippen MR) is 173 cm³/mol. The standard InChI is InChI=1S/C38H40O11/c1-22(39)45-30-26(46-32(41)23-15-9-6-10-16-23)21-36(4,44)38-29(40)27(35(2,3)49-38)28(47-33(42)24-17-11-7-12-18-24)31(37(30,38)5)48-34(43)25-19-13-8-14-20-25/h6-20,26-31,40,44H,21H2,1-5H3/t26?,27-,28?,29?,30?,31?,36-,37+,38+/m1/s1. The van der Waals surface area contributed by atoms with Crippen LogP contribution in [0.4, 0.5) is 0 Å². The monoisotopic (exact) mass is 672 g/mol. The minimum atomic E-state index is -2.00. The van der Waals surface area contributed by atoms with Gasteiger partial charge in [-0.3, -0.25) is 4.79 Å². The van der Waals surface area contributed by atoms with Gasteiger partial charge in [-0.1, -0.05) is 54.6 Å². The first-order valence-electron chi connectivity index (χ1n) is 16.2. The van der Waals surface area contributed by atoms with Crippen molar-refractivity contribution in [2.45, 2.75) is 88.4 Å². The van der Waals surface area contributed by atoms with E-state index in [1.165, 1.54) is 13.8 Å². The van der Waals surface area contributed by atoms with E-state index in [1.54, 1.807) is 105 Å². The van der Waals surface area contributed by atoms with Crippen molar-refractivity contribution >= 4 is 23.9 Å². The van der Waals surface area contributed by atoms with Gasteiger partial charge in [0.2, 0.25) is 0 Å². The van der Waals surface area contributed by atoms with E-state index in [9.17, 15) is 29.4 Å². The second kappa shape index (κ2) is 12.4. The van der Waals surface area contributed by atoms with Gasteiger partial charge in [0.15, 0.2) is 12.2 Å². The van der Waals surface area contributed by atoms with Gasteiger partial charge in [-0.05, 0) is 64.1 Å². The molecule has 1 spiro atoms. The second-order valence-corrected chi connectivity index (χ2v) is 13.9. The van der Waals surface area contributed by atoms with Gasteiger partial charge in [-0.15, -0.1) is 0 Å². The van der Waals surface area contributed by atoms with Crippen molar-refractivity contribution in [3.8, 4) is 0 Å². The number of hydrogen-bond donors (Lipinski definition) is 2. The van der Waals surface area contributed by atoms with Gasteiger partial charge >= 0.3 is 23.9 Å². The second-order valence-electron chi connectivity index (χ2n) is 13.9. The highest BCUT2D eigenvalue weighted by atomic mass is 16.6. The molecule has 258 valence electrons. The molecule has 1 aliphatic heterocycles. The summed E-state index contributed by atoms with van der Waals surface area (Å²) >= 11 is 0. The largest absolute Gasteiger partial charge is 0.458 e. The highest BCUT2D eigenvalue weighted by molar-refractivity contribution is 5.91. The predicted octanol–water partition coefficient (Wildman–Crippen LogP) is 4.29. The third-order valence-corrected chi connectivity index (χ3v) is 10.4. The summed E-state index contributed by atoms with van der Waals surface area (Å²) in [5.41, 5.74) is -6.61. The van der Waals surface area contributed by atoms with Gasteiger partial charge < -0.3 is 33.9 Å². The van der Waals surface area contributed by atoms with Crippen LogP contribution in [0.1, 0.15) is 72.1 Å². The van der Waals surface area contributed by atoms with Gasteiger partial charge in [0.1, 0.15) is 17.8 Å². The Labute approximate surface area is 284 Å². The van der Waals surface area contributed by atoms with Crippen LogP contribution < -0.4 is 0 Å². The molecule has 5 unspecified atom stereocenters. The Bertz CT molecular complexity index is 1720. The van der Waals surface area contributed by atoms with Crippen LogP contribution >= 0.6 is 0 Å². The maximum atomic E-state index is 13.9. The number of hydrogen-bond acceptors (Lipinski definition) is 11. The molecule has 6 rings (SSSR count). The Morgan fingerprint density at radius 2 is 1.12 bits per heavy atom. The number of rotatable bonds is 7. The van der Waals surface area contributed by atoms with Crippen LogP contribution in [0.3, 0.4) is 0 Å². The first-order chi connectivity index (χ1) is 23.1. The molecule has 9 atom stereocenters. The quantitative estimate of drug-likeness (QED) is 0.273. The van der Waals surface area contributed by atoms with E-state index in [0.717, 1.165) is 6.92 Å². The molecule has 49 heavy (non-hydrogen) atoms. The Morgan fingerprint density at radius 3 is 1.59 bits per heavy atom. The molecule has 0 aromatic heterocycles. The van der Waals surface area contributed by atoms with Crippen LogP contribution in [-0.4, -0.2) is 81.4 Å². The molecule has 1 saturated heterocycles. The Morgan fingerprint density at radius 1 is 0.673 bits per heavy atom. The molecule has 3 aromatic rings. The summed E-state index contributed by atoms with van der Waals surface area (Å²) in [5, 5.41) is 24.9. The van der Waals surface area contributed by atoms with E-state index in [4.69, 9.17) is 23.7 Å². The van der Waals surface area contributed by atoms with Crippen molar-refractivity contribution in [3.63, 3.8) is 0 Å². The lowest BCUT2D eigenvalue weighted by Crippen LogP contribution is -2.83. The van der Waals surface area contributed by atoms with E-state index in [1.807, 2.05) is 0 Å².